The van der Waals surface area contributed by atoms with E-state index in [0.29, 0.717) is 22.3 Å². The number of pyridine rings is 1. The van der Waals surface area contributed by atoms with Gasteiger partial charge in [0, 0.05) is 36.5 Å². The van der Waals surface area contributed by atoms with E-state index in [1.165, 1.54) is 12.1 Å². The molecule has 1 saturated heterocycles. The Morgan fingerprint density at radius 1 is 1.44 bits per heavy atom. The van der Waals surface area contributed by atoms with Crippen LogP contribution >= 0.6 is 0 Å². The first-order valence-corrected chi connectivity index (χ1v) is 8.04. The van der Waals surface area contributed by atoms with E-state index in [2.05, 4.69) is 11.1 Å². The number of hydrogen-bond donors (Lipinski definition) is 1. The number of aromatic nitrogens is 1. The largest absolute Gasteiger partial charge is 0.370 e. The molecule has 0 radical (unpaired) electrons. The summed E-state index contributed by atoms with van der Waals surface area (Å²) >= 11 is 0. The number of fused-ring (bicyclic) bond motifs is 1. The molecular weight excluding hydrogens is 322 g/mol. The number of nitro benzene ring substituents is 1. The van der Waals surface area contributed by atoms with Gasteiger partial charge in [-0.15, -0.1) is 0 Å². The number of anilines is 1. The number of non-ortho nitro benzene ring substituents is 1. The predicted octanol–water partition coefficient (Wildman–Crippen LogP) is 2.25. The highest BCUT2D eigenvalue weighted by Gasteiger charge is 2.26. The van der Waals surface area contributed by atoms with E-state index in [1.54, 1.807) is 12.1 Å². The summed E-state index contributed by atoms with van der Waals surface area (Å²) in [6.45, 7) is 0.730. The third kappa shape index (κ3) is 3.35. The monoisotopic (exact) mass is 339 g/mol. The maximum atomic E-state index is 11.3. The number of nitrogens with zero attached hydrogens (tertiary/aromatic N) is 4. The molecule has 1 fully saturated rings. The molecular formula is C17H17N5O3. The molecule has 8 heteroatoms. The zero-order valence-electron chi connectivity index (χ0n) is 13.5. The van der Waals surface area contributed by atoms with Crippen molar-refractivity contribution in [2.45, 2.75) is 31.7 Å². The number of nitrogens with two attached hydrogens (primary N) is 1. The normalized spacial score (nSPS) is 17.2. The van der Waals surface area contributed by atoms with E-state index >= 15 is 0 Å². The molecule has 25 heavy (non-hydrogen) atoms. The third-order valence-corrected chi connectivity index (χ3v) is 4.47. The van der Waals surface area contributed by atoms with Gasteiger partial charge in [0.2, 0.25) is 5.91 Å². The number of benzene rings is 1. The maximum absolute atomic E-state index is 11.3. The van der Waals surface area contributed by atoms with Crippen molar-refractivity contribution in [2.75, 3.05) is 11.4 Å². The summed E-state index contributed by atoms with van der Waals surface area (Å²) in [4.78, 5) is 28.4. The molecule has 0 bridgehead atoms. The topological polar surface area (TPSA) is 126 Å². The Hall–Kier alpha value is -3.21. The van der Waals surface area contributed by atoms with Crippen molar-refractivity contribution in [3.05, 3.63) is 39.9 Å². The summed E-state index contributed by atoms with van der Waals surface area (Å²) in [6, 6.07) is 7.96. The molecule has 0 saturated carbocycles. The van der Waals surface area contributed by atoms with Crippen molar-refractivity contribution in [3.8, 4) is 6.07 Å². The quantitative estimate of drug-likeness (QED) is 0.672. The van der Waals surface area contributed by atoms with Crippen molar-refractivity contribution >= 4 is 28.3 Å². The van der Waals surface area contributed by atoms with Crippen LogP contribution in [0.15, 0.2) is 24.3 Å². The Labute approximate surface area is 144 Å². The van der Waals surface area contributed by atoms with Gasteiger partial charge < -0.3 is 10.6 Å². The second-order valence-corrected chi connectivity index (χ2v) is 6.11. The molecule has 2 heterocycles. The summed E-state index contributed by atoms with van der Waals surface area (Å²) in [6.07, 6.45) is 3.06. The lowest BCUT2D eigenvalue weighted by molar-refractivity contribution is -0.384. The summed E-state index contributed by atoms with van der Waals surface area (Å²) < 4.78 is 0. The van der Waals surface area contributed by atoms with Crippen LogP contribution in [0.4, 0.5) is 11.5 Å². The SMILES string of the molecule is N#Cc1cc(N2CCCC[C@H]2CC(N)=O)nc2ccc([N+](=O)[O-])cc12. The Balaban J connectivity index is 2.07. The second kappa shape index (κ2) is 6.73. The van der Waals surface area contributed by atoms with Gasteiger partial charge in [0.05, 0.1) is 22.1 Å². The molecule has 1 aliphatic heterocycles. The number of hydrogen-bond acceptors (Lipinski definition) is 6. The smallest absolute Gasteiger partial charge is 0.270 e. The van der Waals surface area contributed by atoms with Crippen LogP contribution in [0.1, 0.15) is 31.2 Å². The van der Waals surface area contributed by atoms with E-state index in [1.807, 2.05) is 4.90 Å². The predicted molar refractivity (Wildman–Crippen MR) is 91.9 cm³/mol. The van der Waals surface area contributed by atoms with Gasteiger partial charge in [-0.3, -0.25) is 14.9 Å². The lowest BCUT2D eigenvalue weighted by atomic mass is 9.98. The molecule has 0 aliphatic carbocycles. The van der Waals surface area contributed by atoms with Crippen molar-refractivity contribution in [2.24, 2.45) is 5.73 Å². The van der Waals surface area contributed by atoms with E-state index in [9.17, 15) is 20.2 Å². The molecule has 2 aromatic rings. The summed E-state index contributed by atoms with van der Waals surface area (Å²) in [5.41, 5.74) is 6.12. The third-order valence-electron chi connectivity index (χ3n) is 4.47. The standard InChI is InChI=1S/C17H17N5O3/c18-10-11-7-17(21-6-2-1-3-12(21)9-16(19)23)20-15-5-4-13(22(24)25)8-14(11)15/h4-5,7-8,12H,1-3,6,9H2,(H2,19,23)/t12-/m0/s1. The molecule has 1 atom stereocenters. The number of rotatable bonds is 4. The molecule has 0 unspecified atom stereocenters. The summed E-state index contributed by atoms with van der Waals surface area (Å²) in [7, 11) is 0. The molecule has 0 spiro atoms. The van der Waals surface area contributed by atoms with E-state index in [0.717, 1.165) is 25.8 Å². The van der Waals surface area contributed by atoms with Crippen molar-refractivity contribution < 1.29 is 9.72 Å². The Kier molecular flexibility index (Phi) is 4.48. The van der Waals surface area contributed by atoms with Crippen LogP contribution in [-0.2, 0) is 4.79 Å². The number of amides is 1. The van der Waals surface area contributed by atoms with Crippen LogP contribution in [0.25, 0.3) is 10.9 Å². The molecule has 1 amide bonds. The fourth-order valence-electron chi connectivity index (χ4n) is 3.30. The molecule has 2 N–H and O–H groups in total. The molecule has 8 nitrogen and oxygen atoms in total. The van der Waals surface area contributed by atoms with Crippen LogP contribution in [0.2, 0.25) is 0 Å². The Morgan fingerprint density at radius 2 is 2.24 bits per heavy atom. The van der Waals surface area contributed by atoms with Crippen LogP contribution in [0, 0.1) is 21.4 Å². The second-order valence-electron chi connectivity index (χ2n) is 6.11. The fraction of sp³-hybridized carbons (Fsp3) is 0.353. The number of carbonyl (C=O) groups excluding carboxylic acids is 1. The number of nitro groups is 1. The number of piperidine rings is 1. The van der Waals surface area contributed by atoms with Gasteiger partial charge in [0.15, 0.2) is 0 Å². The fourth-order valence-corrected chi connectivity index (χ4v) is 3.30. The van der Waals surface area contributed by atoms with Gasteiger partial charge in [0.1, 0.15) is 5.82 Å². The molecule has 1 aromatic carbocycles. The van der Waals surface area contributed by atoms with Crippen LogP contribution in [-0.4, -0.2) is 28.4 Å². The van der Waals surface area contributed by atoms with Crippen LogP contribution in [0.5, 0.6) is 0 Å². The minimum absolute atomic E-state index is 0.0409. The molecule has 3 rings (SSSR count). The minimum Gasteiger partial charge on any atom is -0.370 e. The maximum Gasteiger partial charge on any atom is 0.270 e. The first kappa shape index (κ1) is 16.6. The molecule has 1 aromatic heterocycles. The van der Waals surface area contributed by atoms with Gasteiger partial charge in [-0.25, -0.2) is 4.98 Å². The first-order chi connectivity index (χ1) is 12.0. The number of primary amides is 1. The van der Waals surface area contributed by atoms with E-state index < -0.39 is 4.92 Å². The molecule has 1 aliphatic rings. The number of carbonyl (C=O) groups is 1. The first-order valence-electron chi connectivity index (χ1n) is 8.04. The van der Waals surface area contributed by atoms with E-state index in [-0.39, 0.29) is 24.1 Å². The van der Waals surface area contributed by atoms with Gasteiger partial charge >= 0.3 is 0 Å². The van der Waals surface area contributed by atoms with Crippen LogP contribution in [0.3, 0.4) is 0 Å². The van der Waals surface area contributed by atoms with Gasteiger partial charge in [-0.2, -0.15) is 5.26 Å². The highest BCUT2D eigenvalue weighted by atomic mass is 16.6. The van der Waals surface area contributed by atoms with E-state index in [4.69, 9.17) is 5.73 Å². The van der Waals surface area contributed by atoms with Crippen LogP contribution < -0.4 is 10.6 Å². The lowest BCUT2D eigenvalue weighted by Crippen LogP contribution is -2.42. The zero-order chi connectivity index (χ0) is 18.0. The van der Waals surface area contributed by atoms with Crippen molar-refractivity contribution in [1.82, 2.24) is 4.98 Å². The molecule has 128 valence electrons. The average Bonchev–Trinajstić information content (AvgIpc) is 2.60. The number of nitriles is 1. The van der Waals surface area contributed by atoms with Gasteiger partial charge in [0.25, 0.3) is 5.69 Å². The van der Waals surface area contributed by atoms with Gasteiger partial charge in [-0.1, -0.05) is 0 Å². The highest BCUT2D eigenvalue weighted by molar-refractivity contribution is 5.88. The Bertz CT molecular complexity index is 890. The Morgan fingerprint density at radius 3 is 2.92 bits per heavy atom. The average molecular weight is 339 g/mol. The highest BCUT2D eigenvalue weighted by Crippen LogP contribution is 2.30. The van der Waals surface area contributed by atoms with Crippen molar-refractivity contribution in [1.29, 1.82) is 5.26 Å². The van der Waals surface area contributed by atoms with Crippen molar-refractivity contribution in [3.63, 3.8) is 0 Å². The zero-order valence-corrected chi connectivity index (χ0v) is 13.5. The summed E-state index contributed by atoms with van der Waals surface area (Å²) in [5, 5.41) is 20.9. The summed E-state index contributed by atoms with van der Waals surface area (Å²) in [5.74, 6) is 0.234. The minimum atomic E-state index is -0.498. The lowest BCUT2D eigenvalue weighted by Gasteiger charge is -2.36. The van der Waals surface area contributed by atoms with Gasteiger partial charge in [-0.05, 0) is 31.4 Å².